The van der Waals surface area contributed by atoms with Gasteiger partial charge in [-0.15, -0.1) is 0 Å². The summed E-state index contributed by atoms with van der Waals surface area (Å²) in [5, 5.41) is 29.0. The second-order valence-electron chi connectivity index (χ2n) is 4.73. The highest BCUT2D eigenvalue weighted by Gasteiger charge is 2.53. The first-order valence-corrected chi connectivity index (χ1v) is 4.29. The Morgan fingerprint density at radius 3 is 1.62 bits per heavy atom. The van der Waals surface area contributed by atoms with Crippen LogP contribution in [0.25, 0.3) is 0 Å². The number of carbonyl (C=O) groups excluding carboxylic acids is 1. The molecule has 1 rings (SSSR count). The van der Waals surface area contributed by atoms with Gasteiger partial charge in [0.05, 0.1) is 5.60 Å². The lowest BCUT2D eigenvalue weighted by Crippen LogP contribution is -2.60. The molecule has 0 amide bonds. The molecule has 1 aliphatic rings. The first-order chi connectivity index (χ1) is 5.57. The molecule has 0 spiro atoms. The highest BCUT2D eigenvalue weighted by Crippen LogP contribution is 2.37. The molecule has 1 aliphatic carbocycles. The van der Waals surface area contributed by atoms with Crippen molar-refractivity contribution in [2.75, 3.05) is 0 Å². The third-order valence-corrected chi connectivity index (χ3v) is 2.43. The smallest absolute Gasteiger partial charge is 0.195 e. The van der Waals surface area contributed by atoms with E-state index in [1.807, 2.05) is 0 Å². The van der Waals surface area contributed by atoms with Crippen LogP contribution in [0.4, 0.5) is 0 Å². The fourth-order valence-electron chi connectivity index (χ4n) is 2.29. The number of rotatable bonds is 0. The van der Waals surface area contributed by atoms with E-state index in [1.54, 1.807) is 0 Å². The molecule has 1 fully saturated rings. The predicted octanol–water partition coefficient (Wildman–Crippen LogP) is -0.398. The lowest BCUT2D eigenvalue weighted by Gasteiger charge is -2.44. The van der Waals surface area contributed by atoms with Gasteiger partial charge in [0.15, 0.2) is 5.78 Å². The number of carbonyl (C=O) groups is 1. The number of hydrogen-bond acceptors (Lipinski definition) is 4. The van der Waals surface area contributed by atoms with Gasteiger partial charge in [0.1, 0.15) is 11.2 Å². The first kappa shape index (κ1) is 10.6. The molecule has 76 valence electrons. The standard InChI is InChI=1S/C9H16O4/c1-7(11)4-8(2,12)6(10)9(3,13)5-7/h11-13H,4-5H2,1-3H3. The van der Waals surface area contributed by atoms with Crippen LogP contribution in [0.15, 0.2) is 0 Å². The van der Waals surface area contributed by atoms with Crippen LogP contribution in [0.3, 0.4) is 0 Å². The van der Waals surface area contributed by atoms with Gasteiger partial charge in [0, 0.05) is 12.8 Å². The average molecular weight is 188 g/mol. The van der Waals surface area contributed by atoms with Gasteiger partial charge < -0.3 is 15.3 Å². The van der Waals surface area contributed by atoms with E-state index in [-0.39, 0.29) is 12.8 Å². The van der Waals surface area contributed by atoms with Crippen molar-refractivity contribution in [3.63, 3.8) is 0 Å². The van der Waals surface area contributed by atoms with E-state index in [4.69, 9.17) is 0 Å². The molecule has 0 heterocycles. The quantitative estimate of drug-likeness (QED) is 0.483. The van der Waals surface area contributed by atoms with Crippen LogP contribution >= 0.6 is 0 Å². The van der Waals surface area contributed by atoms with Crippen molar-refractivity contribution in [1.29, 1.82) is 0 Å². The Labute approximate surface area is 77.2 Å². The number of Topliss-reactive ketones (excluding diaryl/α,β-unsaturated/α-hetero) is 1. The summed E-state index contributed by atoms with van der Waals surface area (Å²) in [4.78, 5) is 11.4. The van der Waals surface area contributed by atoms with Gasteiger partial charge in [-0.05, 0) is 20.8 Å². The molecule has 0 aromatic heterocycles. The molecule has 3 N–H and O–H groups in total. The fourth-order valence-corrected chi connectivity index (χ4v) is 2.29. The number of hydrogen-bond donors (Lipinski definition) is 3. The molecule has 2 atom stereocenters. The minimum absolute atomic E-state index is 0.0328. The summed E-state index contributed by atoms with van der Waals surface area (Å²) < 4.78 is 0. The predicted molar refractivity (Wildman–Crippen MR) is 46.1 cm³/mol. The van der Waals surface area contributed by atoms with E-state index < -0.39 is 22.6 Å². The molecule has 0 aliphatic heterocycles. The topological polar surface area (TPSA) is 77.8 Å². The Morgan fingerprint density at radius 2 is 1.31 bits per heavy atom. The molecule has 0 aromatic rings. The van der Waals surface area contributed by atoms with Crippen LogP contribution in [0, 0.1) is 0 Å². The molecule has 0 saturated heterocycles. The van der Waals surface area contributed by atoms with Gasteiger partial charge in [-0.3, -0.25) is 4.79 Å². The summed E-state index contributed by atoms with van der Waals surface area (Å²) >= 11 is 0. The first-order valence-electron chi connectivity index (χ1n) is 4.29. The minimum Gasteiger partial charge on any atom is -0.390 e. The monoisotopic (exact) mass is 188 g/mol. The zero-order chi connectivity index (χ0) is 10.5. The van der Waals surface area contributed by atoms with Crippen molar-refractivity contribution in [3.05, 3.63) is 0 Å². The van der Waals surface area contributed by atoms with Crippen molar-refractivity contribution < 1.29 is 20.1 Å². The lowest BCUT2D eigenvalue weighted by molar-refractivity contribution is -0.181. The summed E-state index contributed by atoms with van der Waals surface area (Å²) in [7, 11) is 0. The van der Waals surface area contributed by atoms with E-state index in [0.717, 1.165) is 0 Å². The third-order valence-electron chi connectivity index (χ3n) is 2.43. The largest absolute Gasteiger partial charge is 0.390 e. The summed E-state index contributed by atoms with van der Waals surface area (Å²) in [6.45, 7) is 4.14. The lowest BCUT2D eigenvalue weighted by atomic mass is 9.69. The molecule has 4 heteroatoms. The molecule has 0 aromatic carbocycles. The van der Waals surface area contributed by atoms with Crippen LogP contribution in [0.2, 0.25) is 0 Å². The van der Waals surface area contributed by atoms with Crippen molar-refractivity contribution in [1.82, 2.24) is 0 Å². The Balaban J connectivity index is 3.03. The van der Waals surface area contributed by atoms with E-state index in [2.05, 4.69) is 0 Å². The minimum atomic E-state index is -1.63. The molecule has 1 saturated carbocycles. The molecular weight excluding hydrogens is 172 g/mol. The van der Waals surface area contributed by atoms with Crippen molar-refractivity contribution in [2.24, 2.45) is 0 Å². The average Bonchev–Trinajstić information content (AvgIpc) is 1.77. The SMILES string of the molecule is CC1(O)CC(C)(O)C(=O)C(C)(O)C1. The second kappa shape index (κ2) is 2.53. The Kier molecular flexibility index (Phi) is 2.07. The maximum absolute atomic E-state index is 11.4. The van der Waals surface area contributed by atoms with Crippen LogP contribution in [-0.4, -0.2) is 37.9 Å². The summed E-state index contributed by atoms with van der Waals surface area (Å²) in [5.41, 5.74) is -4.46. The summed E-state index contributed by atoms with van der Waals surface area (Å²) in [5.74, 6) is -0.619. The van der Waals surface area contributed by atoms with Gasteiger partial charge in [0.25, 0.3) is 0 Å². The van der Waals surface area contributed by atoms with E-state index in [0.29, 0.717) is 0 Å². The van der Waals surface area contributed by atoms with Gasteiger partial charge in [-0.2, -0.15) is 0 Å². The van der Waals surface area contributed by atoms with E-state index in [9.17, 15) is 20.1 Å². The van der Waals surface area contributed by atoms with Crippen molar-refractivity contribution in [2.45, 2.75) is 50.4 Å². The highest BCUT2D eigenvalue weighted by molar-refractivity contribution is 5.94. The number of aliphatic hydroxyl groups is 3. The van der Waals surface area contributed by atoms with Crippen LogP contribution in [0.5, 0.6) is 0 Å². The van der Waals surface area contributed by atoms with Crippen LogP contribution in [-0.2, 0) is 4.79 Å². The fraction of sp³-hybridized carbons (Fsp3) is 0.889. The van der Waals surface area contributed by atoms with E-state index >= 15 is 0 Å². The van der Waals surface area contributed by atoms with Gasteiger partial charge in [-0.25, -0.2) is 0 Å². The van der Waals surface area contributed by atoms with Gasteiger partial charge >= 0.3 is 0 Å². The van der Waals surface area contributed by atoms with Gasteiger partial charge in [-0.1, -0.05) is 0 Å². The van der Waals surface area contributed by atoms with E-state index in [1.165, 1.54) is 20.8 Å². The maximum atomic E-state index is 11.4. The maximum Gasteiger partial charge on any atom is 0.195 e. The molecule has 0 radical (unpaired) electrons. The molecule has 0 bridgehead atoms. The highest BCUT2D eigenvalue weighted by atomic mass is 16.3. The summed E-state index contributed by atoms with van der Waals surface area (Å²) in [6.07, 6.45) is -0.0655. The second-order valence-corrected chi connectivity index (χ2v) is 4.73. The number of ketones is 1. The van der Waals surface area contributed by atoms with Gasteiger partial charge in [0.2, 0.25) is 0 Å². The normalized spacial score (nSPS) is 52.3. The van der Waals surface area contributed by atoms with Crippen molar-refractivity contribution in [3.8, 4) is 0 Å². The molecule has 2 unspecified atom stereocenters. The zero-order valence-corrected chi connectivity index (χ0v) is 8.16. The van der Waals surface area contributed by atoms with Crippen LogP contribution in [0.1, 0.15) is 33.6 Å². The Morgan fingerprint density at radius 1 is 1.00 bits per heavy atom. The summed E-state index contributed by atoms with van der Waals surface area (Å²) in [6, 6.07) is 0. The Bertz CT molecular complexity index is 218. The molecular formula is C9H16O4. The molecule has 4 nitrogen and oxygen atoms in total. The third kappa shape index (κ3) is 1.90. The Hall–Kier alpha value is -0.450. The molecule has 13 heavy (non-hydrogen) atoms. The van der Waals surface area contributed by atoms with Crippen molar-refractivity contribution >= 4 is 5.78 Å². The van der Waals surface area contributed by atoms with Crippen LogP contribution < -0.4 is 0 Å². The zero-order valence-electron chi connectivity index (χ0n) is 8.16.